The molecule has 1 heterocycles. The smallest absolute Gasteiger partial charge is 0.131 e. The molecule has 1 aliphatic rings. The van der Waals surface area contributed by atoms with Gasteiger partial charge in [-0.15, -0.1) is 0 Å². The lowest BCUT2D eigenvalue weighted by atomic mass is 10.0. The molecule has 0 radical (unpaired) electrons. The van der Waals surface area contributed by atoms with Crippen LogP contribution in [0.1, 0.15) is 38.5 Å². The zero-order valence-corrected chi connectivity index (χ0v) is 10.3. The second-order valence-corrected chi connectivity index (χ2v) is 4.97. The SMILES string of the molecule is Clc1cccc(NCC2CCCCCC2)n1. The van der Waals surface area contributed by atoms with Crippen LogP contribution < -0.4 is 5.32 Å². The molecule has 0 saturated heterocycles. The van der Waals surface area contributed by atoms with Crippen molar-refractivity contribution in [3.63, 3.8) is 0 Å². The highest BCUT2D eigenvalue weighted by atomic mass is 35.5. The third kappa shape index (κ3) is 3.67. The first-order chi connectivity index (χ1) is 7.84. The quantitative estimate of drug-likeness (QED) is 0.633. The van der Waals surface area contributed by atoms with Crippen molar-refractivity contribution in [2.75, 3.05) is 11.9 Å². The fraction of sp³-hybridized carbons (Fsp3) is 0.615. The van der Waals surface area contributed by atoms with Crippen LogP contribution in [-0.4, -0.2) is 11.5 Å². The zero-order valence-electron chi connectivity index (χ0n) is 9.58. The van der Waals surface area contributed by atoms with E-state index in [9.17, 15) is 0 Å². The molecule has 0 bridgehead atoms. The molecule has 1 aromatic rings. The third-order valence-electron chi connectivity index (χ3n) is 3.26. The number of hydrogen-bond donors (Lipinski definition) is 1. The van der Waals surface area contributed by atoms with Crippen LogP contribution in [0.5, 0.6) is 0 Å². The number of anilines is 1. The Morgan fingerprint density at radius 3 is 2.62 bits per heavy atom. The van der Waals surface area contributed by atoms with Crippen LogP contribution >= 0.6 is 11.6 Å². The van der Waals surface area contributed by atoms with E-state index in [4.69, 9.17) is 11.6 Å². The maximum atomic E-state index is 5.84. The van der Waals surface area contributed by atoms with Gasteiger partial charge >= 0.3 is 0 Å². The fourth-order valence-corrected chi connectivity index (χ4v) is 2.49. The number of hydrogen-bond acceptors (Lipinski definition) is 2. The molecule has 0 atom stereocenters. The maximum Gasteiger partial charge on any atom is 0.131 e. The van der Waals surface area contributed by atoms with Crippen LogP contribution in [0.25, 0.3) is 0 Å². The van der Waals surface area contributed by atoms with E-state index in [1.807, 2.05) is 12.1 Å². The Bertz CT molecular complexity index is 319. The van der Waals surface area contributed by atoms with Crippen molar-refractivity contribution in [2.24, 2.45) is 5.92 Å². The number of nitrogens with one attached hydrogen (secondary N) is 1. The van der Waals surface area contributed by atoms with Gasteiger partial charge < -0.3 is 5.32 Å². The predicted octanol–water partition coefficient (Wildman–Crippen LogP) is 4.12. The minimum atomic E-state index is 0.561. The molecule has 2 rings (SSSR count). The van der Waals surface area contributed by atoms with Crippen molar-refractivity contribution in [2.45, 2.75) is 38.5 Å². The first-order valence-electron chi connectivity index (χ1n) is 6.21. The largest absolute Gasteiger partial charge is 0.370 e. The number of nitrogens with zero attached hydrogens (tertiary/aromatic N) is 1. The molecule has 16 heavy (non-hydrogen) atoms. The predicted molar refractivity (Wildman–Crippen MR) is 68.9 cm³/mol. The van der Waals surface area contributed by atoms with E-state index in [2.05, 4.69) is 10.3 Å². The lowest BCUT2D eigenvalue weighted by Crippen LogP contribution is -2.14. The minimum Gasteiger partial charge on any atom is -0.370 e. The highest BCUT2D eigenvalue weighted by Gasteiger charge is 2.11. The molecule has 0 unspecified atom stereocenters. The van der Waals surface area contributed by atoms with Crippen LogP contribution in [-0.2, 0) is 0 Å². The molecular weight excluding hydrogens is 220 g/mol. The van der Waals surface area contributed by atoms with E-state index >= 15 is 0 Å². The first kappa shape index (κ1) is 11.7. The maximum absolute atomic E-state index is 5.84. The summed E-state index contributed by atoms with van der Waals surface area (Å²) in [4.78, 5) is 4.24. The summed E-state index contributed by atoms with van der Waals surface area (Å²) in [5, 5.41) is 3.95. The third-order valence-corrected chi connectivity index (χ3v) is 3.47. The molecule has 1 aromatic heterocycles. The second kappa shape index (κ2) is 6.09. The molecule has 0 aromatic carbocycles. The fourth-order valence-electron chi connectivity index (χ4n) is 2.32. The van der Waals surface area contributed by atoms with E-state index in [0.29, 0.717) is 5.15 Å². The topological polar surface area (TPSA) is 24.9 Å². The molecule has 1 N–H and O–H groups in total. The van der Waals surface area contributed by atoms with E-state index in [-0.39, 0.29) is 0 Å². The van der Waals surface area contributed by atoms with Gasteiger partial charge in [0.15, 0.2) is 0 Å². The minimum absolute atomic E-state index is 0.561. The van der Waals surface area contributed by atoms with Crippen molar-refractivity contribution in [3.8, 4) is 0 Å². The van der Waals surface area contributed by atoms with Crippen LogP contribution in [0.15, 0.2) is 18.2 Å². The van der Waals surface area contributed by atoms with Crippen molar-refractivity contribution in [1.29, 1.82) is 0 Å². The first-order valence-corrected chi connectivity index (χ1v) is 6.59. The van der Waals surface area contributed by atoms with Crippen molar-refractivity contribution in [1.82, 2.24) is 4.98 Å². The summed E-state index contributed by atoms with van der Waals surface area (Å²) in [5.74, 6) is 1.71. The summed E-state index contributed by atoms with van der Waals surface area (Å²) in [6.45, 7) is 1.04. The van der Waals surface area contributed by atoms with Gasteiger partial charge in [-0.3, -0.25) is 0 Å². The average Bonchev–Trinajstić information content (AvgIpc) is 2.55. The number of aromatic nitrogens is 1. The van der Waals surface area contributed by atoms with Crippen LogP contribution in [0.4, 0.5) is 5.82 Å². The number of halogens is 1. The Morgan fingerprint density at radius 1 is 1.19 bits per heavy atom. The van der Waals surface area contributed by atoms with Crippen LogP contribution in [0.3, 0.4) is 0 Å². The van der Waals surface area contributed by atoms with Gasteiger partial charge in [0.2, 0.25) is 0 Å². The number of rotatable bonds is 3. The highest BCUT2D eigenvalue weighted by molar-refractivity contribution is 6.29. The molecule has 2 nitrogen and oxygen atoms in total. The van der Waals surface area contributed by atoms with Gasteiger partial charge in [-0.2, -0.15) is 0 Å². The molecule has 0 amide bonds. The summed E-state index contributed by atoms with van der Waals surface area (Å²) in [5.41, 5.74) is 0. The Hall–Kier alpha value is -0.760. The molecule has 1 saturated carbocycles. The average molecular weight is 239 g/mol. The summed E-state index contributed by atoms with van der Waals surface area (Å²) < 4.78 is 0. The van der Waals surface area contributed by atoms with Gasteiger partial charge in [0.05, 0.1) is 0 Å². The van der Waals surface area contributed by atoms with Crippen LogP contribution in [0, 0.1) is 5.92 Å². The Labute approximate surface area is 102 Å². The molecule has 0 aliphatic heterocycles. The Morgan fingerprint density at radius 2 is 1.94 bits per heavy atom. The standard InChI is InChI=1S/C13H19ClN2/c14-12-8-5-9-13(16-12)15-10-11-6-3-1-2-4-7-11/h5,8-9,11H,1-4,6-7,10H2,(H,15,16). The van der Waals surface area contributed by atoms with Gasteiger partial charge in [-0.25, -0.2) is 4.98 Å². The van der Waals surface area contributed by atoms with E-state index in [1.54, 1.807) is 6.07 Å². The monoisotopic (exact) mass is 238 g/mol. The van der Waals surface area contributed by atoms with Crippen molar-refractivity contribution < 1.29 is 0 Å². The Kier molecular flexibility index (Phi) is 4.46. The van der Waals surface area contributed by atoms with E-state index in [1.165, 1.54) is 38.5 Å². The van der Waals surface area contributed by atoms with Gasteiger partial charge in [-0.1, -0.05) is 43.4 Å². The molecule has 88 valence electrons. The second-order valence-electron chi connectivity index (χ2n) is 4.58. The molecule has 3 heteroatoms. The van der Waals surface area contributed by atoms with Gasteiger partial charge in [0.25, 0.3) is 0 Å². The van der Waals surface area contributed by atoms with Gasteiger partial charge in [0.1, 0.15) is 11.0 Å². The van der Waals surface area contributed by atoms with Crippen molar-refractivity contribution >= 4 is 17.4 Å². The zero-order chi connectivity index (χ0) is 11.2. The van der Waals surface area contributed by atoms with Crippen molar-refractivity contribution in [3.05, 3.63) is 23.4 Å². The van der Waals surface area contributed by atoms with Gasteiger partial charge in [-0.05, 0) is 30.9 Å². The van der Waals surface area contributed by atoms with Gasteiger partial charge in [0, 0.05) is 6.54 Å². The summed E-state index contributed by atoms with van der Waals surface area (Å²) in [6, 6.07) is 5.71. The lowest BCUT2D eigenvalue weighted by Gasteiger charge is -2.15. The summed E-state index contributed by atoms with van der Waals surface area (Å²) >= 11 is 5.84. The molecule has 0 spiro atoms. The molecular formula is C13H19ClN2. The van der Waals surface area contributed by atoms with E-state index in [0.717, 1.165) is 18.3 Å². The Balaban J connectivity index is 1.81. The molecule has 1 aliphatic carbocycles. The summed E-state index contributed by atoms with van der Waals surface area (Å²) in [6.07, 6.45) is 8.30. The highest BCUT2D eigenvalue weighted by Crippen LogP contribution is 2.23. The summed E-state index contributed by atoms with van der Waals surface area (Å²) in [7, 11) is 0. The van der Waals surface area contributed by atoms with Crippen LogP contribution in [0.2, 0.25) is 5.15 Å². The lowest BCUT2D eigenvalue weighted by molar-refractivity contribution is 0.483. The molecule has 1 fully saturated rings. The normalized spacial score (nSPS) is 18.1. The number of pyridine rings is 1. The van der Waals surface area contributed by atoms with E-state index < -0.39 is 0 Å².